The van der Waals surface area contributed by atoms with Crippen molar-refractivity contribution in [1.82, 2.24) is 0 Å². The first-order chi connectivity index (χ1) is 9.73. The van der Waals surface area contributed by atoms with Crippen molar-refractivity contribution < 1.29 is 14.3 Å². The second-order valence-corrected chi connectivity index (χ2v) is 7.40. The van der Waals surface area contributed by atoms with Crippen LogP contribution in [0, 0.1) is 9.49 Å². The van der Waals surface area contributed by atoms with Gasteiger partial charge in [0.1, 0.15) is 11.4 Å². The topological polar surface area (TPSA) is 35.5 Å². The molecule has 1 atom stereocenters. The number of halogens is 1. The Labute approximate surface area is 141 Å². The molecule has 0 aliphatic rings. The fraction of sp³-hybridized carbons (Fsp3) is 0.588. The van der Waals surface area contributed by atoms with Gasteiger partial charge in [0.2, 0.25) is 0 Å². The van der Waals surface area contributed by atoms with Gasteiger partial charge in [0.25, 0.3) is 0 Å². The molecule has 4 heteroatoms. The molecular formula is C17H25IO3. The maximum atomic E-state index is 12.1. The van der Waals surface area contributed by atoms with Gasteiger partial charge in [-0.2, -0.15) is 0 Å². The minimum Gasteiger partial charge on any atom is -0.494 e. The van der Waals surface area contributed by atoms with Gasteiger partial charge in [-0.05, 0) is 80.0 Å². The number of carbonyl (C=O) groups is 1. The fourth-order valence-electron chi connectivity index (χ4n) is 1.83. The molecule has 1 aromatic carbocycles. The lowest BCUT2D eigenvalue weighted by Gasteiger charge is -2.22. The number of ether oxygens (including phenoxy) is 2. The number of benzene rings is 1. The average Bonchev–Trinajstić information content (AvgIpc) is 2.37. The van der Waals surface area contributed by atoms with Crippen LogP contribution in [0.1, 0.15) is 46.6 Å². The maximum Gasteiger partial charge on any atom is 0.309 e. The molecule has 0 aromatic heterocycles. The molecule has 3 nitrogen and oxygen atoms in total. The zero-order valence-corrected chi connectivity index (χ0v) is 15.7. The van der Waals surface area contributed by atoms with Crippen molar-refractivity contribution in [2.75, 3.05) is 6.61 Å². The van der Waals surface area contributed by atoms with Gasteiger partial charge in [-0.15, -0.1) is 0 Å². The first-order valence-electron chi connectivity index (χ1n) is 7.37. The van der Waals surface area contributed by atoms with Gasteiger partial charge < -0.3 is 9.47 Å². The van der Waals surface area contributed by atoms with Gasteiger partial charge in [0, 0.05) is 3.57 Å². The van der Waals surface area contributed by atoms with Gasteiger partial charge in [0.15, 0.2) is 0 Å². The Hall–Kier alpha value is -0.780. The molecule has 0 radical (unpaired) electrons. The molecule has 0 spiro atoms. The maximum absolute atomic E-state index is 12.1. The smallest absolute Gasteiger partial charge is 0.309 e. The molecule has 0 aliphatic carbocycles. The highest BCUT2D eigenvalue weighted by Crippen LogP contribution is 2.23. The van der Waals surface area contributed by atoms with E-state index in [9.17, 15) is 4.79 Å². The molecule has 118 valence electrons. The summed E-state index contributed by atoms with van der Waals surface area (Å²) >= 11 is 2.29. The van der Waals surface area contributed by atoms with E-state index in [2.05, 4.69) is 29.5 Å². The zero-order chi connectivity index (χ0) is 16.0. The lowest BCUT2D eigenvalue weighted by molar-refractivity contribution is -0.159. The van der Waals surface area contributed by atoms with E-state index in [1.54, 1.807) is 0 Å². The monoisotopic (exact) mass is 404 g/mol. The molecule has 0 N–H and O–H groups in total. The quantitative estimate of drug-likeness (QED) is 0.514. The second kappa shape index (κ2) is 8.01. The molecule has 0 saturated carbocycles. The third kappa shape index (κ3) is 6.68. The van der Waals surface area contributed by atoms with Crippen molar-refractivity contribution in [2.24, 2.45) is 5.92 Å². The molecule has 0 heterocycles. The summed E-state index contributed by atoms with van der Waals surface area (Å²) in [5, 5.41) is 0. The third-order valence-corrected chi connectivity index (χ3v) is 3.88. The van der Waals surface area contributed by atoms with Gasteiger partial charge >= 0.3 is 5.97 Å². The van der Waals surface area contributed by atoms with Gasteiger partial charge in [-0.25, -0.2) is 0 Å². The first kappa shape index (κ1) is 18.3. The van der Waals surface area contributed by atoms with Crippen LogP contribution in [0.2, 0.25) is 0 Å². The number of hydrogen-bond donors (Lipinski definition) is 0. The van der Waals surface area contributed by atoms with Crippen molar-refractivity contribution in [3.8, 4) is 5.75 Å². The standard InChI is InChI=1S/C17H25IO3/c1-6-9-20-14-7-8-15(18)13(11-14)10-12(2)16(19)21-17(3,4)5/h7-8,11-12H,6,9-10H2,1-5H3/t12-/m0/s1. The van der Waals surface area contributed by atoms with Crippen LogP contribution in [0.4, 0.5) is 0 Å². The molecule has 0 bridgehead atoms. The summed E-state index contributed by atoms with van der Waals surface area (Å²) in [6.07, 6.45) is 1.64. The van der Waals surface area contributed by atoms with E-state index < -0.39 is 5.60 Å². The minimum absolute atomic E-state index is 0.154. The summed E-state index contributed by atoms with van der Waals surface area (Å²) in [7, 11) is 0. The van der Waals surface area contributed by atoms with Gasteiger partial charge in [0.05, 0.1) is 12.5 Å². The molecule has 21 heavy (non-hydrogen) atoms. The van der Waals surface area contributed by atoms with Crippen LogP contribution in [0.15, 0.2) is 18.2 Å². The van der Waals surface area contributed by atoms with E-state index >= 15 is 0 Å². The zero-order valence-electron chi connectivity index (χ0n) is 13.5. The Morgan fingerprint density at radius 1 is 1.33 bits per heavy atom. The van der Waals surface area contributed by atoms with Gasteiger partial charge in [-0.3, -0.25) is 4.79 Å². The summed E-state index contributed by atoms with van der Waals surface area (Å²) in [5.41, 5.74) is 0.687. The summed E-state index contributed by atoms with van der Waals surface area (Å²) in [6, 6.07) is 6.03. The van der Waals surface area contributed by atoms with Crippen molar-refractivity contribution in [1.29, 1.82) is 0 Å². The van der Waals surface area contributed by atoms with Crippen LogP contribution in [-0.4, -0.2) is 18.2 Å². The van der Waals surface area contributed by atoms with E-state index in [4.69, 9.17) is 9.47 Å². The van der Waals surface area contributed by atoms with Crippen LogP contribution in [0.3, 0.4) is 0 Å². The highest BCUT2D eigenvalue weighted by atomic mass is 127. The third-order valence-electron chi connectivity index (χ3n) is 2.83. The average molecular weight is 404 g/mol. The Bertz CT molecular complexity index is 477. The van der Waals surface area contributed by atoms with Crippen molar-refractivity contribution in [2.45, 2.75) is 53.1 Å². The Kier molecular flexibility index (Phi) is 6.97. The van der Waals surface area contributed by atoms with Crippen LogP contribution in [-0.2, 0) is 16.0 Å². The molecule has 0 unspecified atom stereocenters. The van der Waals surface area contributed by atoms with E-state index in [1.807, 2.05) is 45.9 Å². The molecule has 1 rings (SSSR count). The van der Waals surface area contributed by atoms with Crippen LogP contribution in [0.5, 0.6) is 5.75 Å². The fourth-order valence-corrected chi connectivity index (χ4v) is 2.39. The molecule has 1 aromatic rings. The van der Waals surface area contributed by atoms with E-state index in [0.717, 1.165) is 21.3 Å². The van der Waals surface area contributed by atoms with E-state index in [-0.39, 0.29) is 11.9 Å². The molecule has 0 aliphatic heterocycles. The van der Waals surface area contributed by atoms with Crippen LogP contribution < -0.4 is 4.74 Å². The van der Waals surface area contributed by atoms with E-state index in [1.165, 1.54) is 0 Å². The highest BCUT2D eigenvalue weighted by molar-refractivity contribution is 14.1. The Morgan fingerprint density at radius 3 is 2.57 bits per heavy atom. The summed E-state index contributed by atoms with van der Waals surface area (Å²) < 4.78 is 12.2. The van der Waals surface area contributed by atoms with Crippen LogP contribution >= 0.6 is 22.6 Å². The largest absolute Gasteiger partial charge is 0.494 e. The summed E-state index contributed by atoms with van der Waals surface area (Å²) in [6.45, 7) is 10.4. The van der Waals surface area contributed by atoms with Crippen molar-refractivity contribution >= 4 is 28.6 Å². The number of rotatable bonds is 6. The number of esters is 1. The van der Waals surface area contributed by atoms with Crippen molar-refractivity contribution in [3.05, 3.63) is 27.3 Å². The summed E-state index contributed by atoms with van der Waals surface area (Å²) in [5.74, 6) is 0.543. The Balaban J connectivity index is 2.74. The van der Waals surface area contributed by atoms with Crippen LogP contribution in [0.25, 0.3) is 0 Å². The second-order valence-electron chi connectivity index (χ2n) is 6.24. The first-order valence-corrected chi connectivity index (χ1v) is 8.45. The van der Waals surface area contributed by atoms with Crippen molar-refractivity contribution in [3.63, 3.8) is 0 Å². The van der Waals surface area contributed by atoms with Gasteiger partial charge in [-0.1, -0.05) is 13.8 Å². The Morgan fingerprint density at radius 2 is 2.00 bits per heavy atom. The normalized spacial score (nSPS) is 12.9. The van der Waals surface area contributed by atoms with E-state index in [0.29, 0.717) is 13.0 Å². The number of hydrogen-bond acceptors (Lipinski definition) is 3. The number of carbonyl (C=O) groups excluding carboxylic acids is 1. The summed E-state index contributed by atoms with van der Waals surface area (Å²) in [4.78, 5) is 12.1. The predicted molar refractivity (Wildman–Crippen MR) is 93.7 cm³/mol. The lowest BCUT2D eigenvalue weighted by atomic mass is 10.0. The molecular weight excluding hydrogens is 379 g/mol. The minimum atomic E-state index is -0.440. The highest BCUT2D eigenvalue weighted by Gasteiger charge is 2.22. The SMILES string of the molecule is CCCOc1ccc(I)c(C[C@H](C)C(=O)OC(C)(C)C)c1. The lowest BCUT2D eigenvalue weighted by Crippen LogP contribution is -2.28. The molecule has 0 amide bonds. The molecule has 0 fully saturated rings. The molecule has 0 saturated heterocycles. The predicted octanol–water partition coefficient (Wildman–Crippen LogP) is 4.60.